The SMILES string of the molecule is CCCCCCCCCCC[C@H]1CC(=O)O1. The molecule has 0 amide bonds. The van der Waals surface area contributed by atoms with E-state index in [1.165, 1.54) is 57.8 Å². The van der Waals surface area contributed by atoms with Gasteiger partial charge in [0.1, 0.15) is 6.10 Å². The summed E-state index contributed by atoms with van der Waals surface area (Å²) >= 11 is 0. The van der Waals surface area contributed by atoms with E-state index in [0.717, 1.165) is 6.42 Å². The monoisotopic (exact) mass is 226 g/mol. The second-order valence-corrected chi connectivity index (χ2v) is 4.93. The van der Waals surface area contributed by atoms with Crippen LogP contribution in [-0.2, 0) is 9.53 Å². The van der Waals surface area contributed by atoms with Crippen molar-refractivity contribution in [3.8, 4) is 0 Å². The van der Waals surface area contributed by atoms with Gasteiger partial charge in [0.05, 0.1) is 6.42 Å². The Kier molecular flexibility index (Phi) is 7.28. The summed E-state index contributed by atoms with van der Waals surface area (Å²) in [5.41, 5.74) is 0. The number of rotatable bonds is 10. The number of hydrogen-bond acceptors (Lipinski definition) is 2. The van der Waals surface area contributed by atoms with Crippen LogP contribution in [0.5, 0.6) is 0 Å². The Balaban J connectivity index is 1.70. The first-order valence-electron chi connectivity index (χ1n) is 7.02. The summed E-state index contributed by atoms with van der Waals surface area (Å²) in [6, 6.07) is 0. The van der Waals surface area contributed by atoms with Gasteiger partial charge in [-0.2, -0.15) is 0 Å². The predicted molar refractivity (Wildman–Crippen MR) is 66.3 cm³/mol. The van der Waals surface area contributed by atoms with Crippen LogP contribution in [0.3, 0.4) is 0 Å². The molecule has 0 spiro atoms. The number of hydrogen-bond donors (Lipinski definition) is 0. The Morgan fingerprint density at radius 2 is 1.50 bits per heavy atom. The van der Waals surface area contributed by atoms with Crippen LogP contribution >= 0.6 is 0 Å². The molecule has 0 aromatic rings. The van der Waals surface area contributed by atoms with Crippen molar-refractivity contribution in [1.29, 1.82) is 0 Å². The average molecular weight is 226 g/mol. The Morgan fingerprint density at radius 1 is 1.00 bits per heavy atom. The molecule has 1 aliphatic heterocycles. The molecule has 0 unspecified atom stereocenters. The van der Waals surface area contributed by atoms with E-state index in [9.17, 15) is 4.79 Å². The van der Waals surface area contributed by atoms with E-state index in [1.54, 1.807) is 0 Å². The number of cyclic esters (lactones) is 1. The third-order valence-corrected chi connectivity index (χ3v) is 3.32. The minimum Gasteiger partial charge on any atom is -0.462 e. The Hall–Kier alpha value is -0.530. The maximum Gasteiger partial charge on any atom is 0.309 e. The molecule has 1 heterocycles. The summed E-state index contributed by atoms with van der Waals surface area (Å²) in [4.78, 5) is 10.5. The molecule has 1 fully saturated rings. The zero-order valence-corrected chi connectivity index (χ0v) is 10.7. The average Bonchev–Trinajstić information content (AvgIpc) is 2.24. The van der Waals surface area contributed by atoms with E-state index >= 15 is 0 Å². The van der Waals surface area contributed by atoms with Gasteiger partial charge in [0.15, 0.2) is 0 Å². The molecule has 0 aromatic carbocycles. The van der Waals surface area contributed by atoms with Gasteiger partial charge >= 0.3 is 5.97 Å². The quantitative estimate of drug-likeness (QED) is 0.412. The number of ether oxygens (including phenoxy) is 1. The second-order valence-electron chi connectivity index (χ2n) is 4.93. The van der Waals surface area contributed by atoms with Gasteiger partial charge in [0.2, 0.25) is 0 Å². The molecule has 1 saturated heterocycles. The summed E-state index contributed by atoms with van der Waals surface area (Å²) in [5, 5.41) is 0. The zero-order valence-electron chi connectivity index (χ0n) is 10.7. The van der Waals surface area contributed by atoms with E-state index in [-0.39, 0.29) is 12.1 Å². The maximum absolute atomic E-state index is 10.5. The van der Waals surface area contributed by atoms with E-state index in [2.05, 4.69) is 6.92 Å². The molecule has 2 heteroatoms. The second kappa shape index (κ2) is 8.60. The van der Waals surface area contributed by atoms with E-state index < -0.39 is 0 Å². The normalized spacial score (nSPS) is 19.3. The van der Waals surface area contributed by atoms with Crippen molar-refractivity contribution in [2.75, 3.05) is 0 Å². The van der Waals surface area contributed by atoms with Crippen molar-refractivity contribution < 1.29 is 9.53 Å². The highest BCUT2D eigenvalue weighted by Gasteiger charge is 2.27. The lowest BCUT2D eigenvalue weighted by atomic mass is 10.0. The molecular formula is C14H26O2. The molecule has 0 saturated carbocycles. The first-order valence-corrected chi connectivity index (χ1v) is 7.02. The lowest BCUT2D eigenvalue weighted by Gasteiger charge is -2.25. The van der Waals surface area contributed by atoms with Gasteiger partial charge in [0, 0.05) is 0 Å². The van der Waals surface area contributed by atoms with E-state index in [1.807, 2.05) is 0 Å². The first-order chi connectivity index (χ1) is 7.83. The van der Waals surface area contributed by atoms with Crippen LogP contribution in [0.15, 0.2) is 0 Å². The molecule has 1 aliphatic rings. The van der Waals surface area contributed by atoms with E-state index in [0.29, 0.717) is 6.42 Å². The smallest absolute Gasteiger partial charge is 0.309 e. The van der Waals surface area contributed by atoms with Gasteiger partial charge in [-0.25, -0.2) is 0 Å². The molecule has 0 N–H and O–H groups in total. The van der Waals surface area contributed by atoms with Crippen LogP contribution in [0.1, 0.15) is 77.6 Å². The van der Waals surface area contributed by atoms with Crippen molar-refractivity contribution in [1.82, 2.24) is 0 Å². The number of carbonyl (C=O) groups is 1. The highest BCUT2D eigenvalue weighted by atomic mass is 16.6. The van der Waals surface area contributed by atoms with Gasteiger partial charge in [-0.1, -0.05) is 58.3 Å². The number of esters is 1. The first kappa shape index (κ1) is 13.5. The third-order valence-electron chi connectivity index (χ3n) is 3.32. The van der Waals surface area contributed by atoms with E-state index in [4.69, 9.17) is 4.74 Å². The fourth-order valence-corrected chi connectivity index (χ4v) is 2.21. The fourth-order valence-electron chi connectivity index (χ4n) is 2.21. The lowest BCUT2D eigenvalue weighted by molar-refractivity contribution is -0.169. The highest BCUT2D eigenvalue weighted by molar-refractivity contribution is 5.75. The maximum atomic E-state index is 10.5. The van der Waals surface area contributed by atoms with Gasteiger partial charge in [-0.05, 0) is 12.8 Å². The minimum atomic E-state index is -0.0130. The standard InChI is InChI=1S/C14H26O2/c1-2-3-4-5-6-7-8-9-10-11-13-12-14(15)16-13/h13H,2-12H2,1H3/t13-/m0/s1. The van der Waals surface area contributed by atoms with Crippen LogP contribution < -0.4 is 0 Å². The molecule has 0 aromatic heterocycles. The van der Waals surface area contributed by atoms with Crippen molar-refractivity contribution in [3.63, 3.8) is 0 Å². The fraction of sp³-hybridized carbons (Fsp3) is 0.929. The van der Waals surface area contributed by atoms with Crippen molar-refractivity contribution in [2.45, 2.75) is 83.7 Å². The summed E-state index contributed by atoms with van der Waals surface area (Å²) in [6.45, 7) is 2.26. The number of carbonyl (C=O) groups excluding carboxylic acids is 1. The molecule has 94 valence electrons. The van der Waals surface area contributed by atoms with Gasteiger partial charge in [-0.3, -0.25) is 4.79 Å². The molecule has 1 atom stereocenters. The largest absolute Gasteiger partial charge is 0.462 e. The molecule has 1 rings (SSSR count). The minimum absolute atomic E-state index is 0.0130. The Bertz CT molecular complexity index is 181. The van der Waals surface area contributed by atoms with Crippen LogP contribution in [0, 0.1) is 0 Å². The van der Waals surface area contributed by atoms with Crippen molar-refractivity contribution in [3.05, 3.63) is 0 Å². The van der Waals surface area contributed by atoms with Crippen LogP contribution in [-0.4, -0.2) is 12.1 Å². The van der Waals surface area contributed by atoms with Crippen LogP contribution in [0.4, 0.5) is 0 Å². The predicted octanol–water partition coefficient (Wildman–Crippen LogP) is 4.22. The summed E-state index contributed by atoms with van der Waals surface area (Å²) in [5.74, 6) is -0.0130. The molecule has 0 bridgehead atoms. The Labute approximate surface area is 99.8 Å². The topological polar surface area (TPSA) is 26.3 Å². The molecule has 0 aliphatic carbocycles. The molecular weight excluding hydrogens is 200 g/mol. The molecule has 16 heavy (non-hydrogen) atoms. The molecule has 2 nitrogen and oxygen atoms in total. The lowest BCUT2D eigenvalue weighted by Crippen LogP contribution is -2.32. The summed E-state index contributed by atoms with van der Waals surface area (Å²) < 4.78 is 4.97. The van der Waals surface area contributed by atoms with Gasteiger partial charge in [0.25, 0.3) is 0 Å². The highest BCUT2D eigenvalue weighted by Crippen LogP contribution is 2.20. The van der Waals surface area contributed by atoms with Crippen LogP contribution in [0.25, 0.3) is 0 Å². The number of unbranched alkanes of at least 4 members (excludes halogenated alkanes) is 8. The van der Waals surface area contributed by atoms with Gasteiger partial charge < -0.3 is 4.74 Å². The summed E-state index contributed by atoms with van der Waals surface area (Å²) in [6.07, 6.45) is 14.2. The molecule has 0 radical (unpaired) electrons. The van der Waals surface area contributed by atoms with Crippen molar-refractivity contribution in [2.24, 2.45) is 0 Å². The third kappa shape index (κ3) is 6.14. The van der Waals surface area contributed by atoms with Gasteiger partial charge in [-0.15, -0.1) is 0 Å². The zero-order chi connectivity index (χ0) is 11.6. The van der Waals surface area contributed by atoms with Crippen LogP contribution in [0.2, 0.25) is 0 Å². The Morgan fingerprint density at radius 3 is 2.00 bits per heavy atom. The van der Waals surface area contributed by atoms with Crippen molar-refractivity contribution >= 4 is 5.97 Å². The summed E-state index contributed by atoms with van der Waals surface area (Å²) in [7, 11) is 0.